The van der Waals surface area contributed by atoms with Crippen molar-refractivity contribution in [2.75, 3.05) is 0 Å². The zero-order valence-corrected chi connectivity index (χ0v) is 11.7. The molecule has 0 unspecified atom stereocenters. The summed E-state index contributed by atoms with van der Waals surface area (Å²) in [7, 11) is 0. The highest BCUT2D eigenvalue weighted by Gasteiger charge is 2.22. The predicted octanol–water partition coefficient (Wildman–Crippen LogP) is 3.23. The second-order valence-electron chi connectivity index (χ2n) is 5.86. The Labute approximate surface area is 120 Å². The van der Waals surface area contributed by atoms with Crippen molar-refractivity contribution in [1.29, 1.82) is 0 Å². The molecule has 0 radical (unpaired) electrons. The third-order valence-corrected chi connectivity index (χ3v) is 4.63. The molecule has 0 amide bonds. The summed E-state index contributed by atoms with van der Waals surface area (Å²) in [5, 5.41) is 17.3. The second-order valence-corrected chi connectivity index (χ2v) is 5.86. The minimum Gasteiger partial charge on any atom is -0.353 e. The van der Waals surface area contributed by atoms with Crippen molar-refractivity contribution in [3.63, 3.8) is 0 Å². The summed E-state index contributed by atoms with van der Waals surface area (Å²) in [6.45, 7) is 2.11. The topological polar surface area (TPSA) is 73.2 Å². The van der Waals surface area contributed by atoms with Crippen LogP contribution in [0.1, 0.15) is 23.2 Å². The predicted molar refractivity (Wildman–Crippen MR) is 82.3 cm³/mol. The molecule has 104 valence electrons. The Morgan fingerprint density at radius 1 is 1.05 bits per heavy atom. The third-order valence-electron chi connectivity index (χ3n) is 4.63. The van der Waals surface area contributed by atoms with Crippen molar-refractivity contribution >= 4 is 21.8 Å². The molecule has 1 aliphatic rings. The standard InChI is InChI=1S/C16H15N5/c1-8-10-3-2-4-11-12-5-9-7-17-20-13(9)6-14(12)18-15(11)16(10)21-19-8/h5-7,18H,2-4H2,1H3,(H,17,20)(H,19,21). The molecule has 5 heteroatoms. The van der Waals surface area contributed by atoms with E-state index in [1.165, 1.54) is 27.9 Å². The summed E-state index contributed by atoms with van der Waals surface area (Å²) >= 11 is 0. The van der Waals surface area contributed by atoms with Crippen LogP contribution in [0.4, 0.5) is 0 Å². The molecule has 0 bridgehead atoms. The van der Waals surface area contributed by atoms with Gasteiger partial charge in [-0.05, 0) is 43.9 Å². The second kappa shape index (κ2) is 3.75. The highest BCUT2D eigenvalue weighted by atomic mass is 15.1. The van der Waals surface area contributed by atoms with Crippen LogP contribution in [0.5, 0.6) is 0 Å². The van der Waals surface area contributed by atoms with Crippen LogP contribution in [0.2, 0.25) is 0 Å². The Hall–Kier alpha value is -2.56. The molecular formula is C16H15N5. The summed E-state index contributed by atoms with van der Waals surface area (Å²) in [6.07, 6.45) is 5.23. The minimum absolute atomic E-state index is 1.07. The highest BCUT2D eigenvalue weighted by molar-refractivity contribution is 6.00. The van der Waals surface area contributed by atoms with Crippen LogP contribution >= 0.6 is 0 Å². The Morgan fingerprint density at radius 2 is 1.95 bits per heavy atom. The number of H-pyrrole nitrogens is 3. The van der Waals surface area contributed by atoms with Crippen molar-refractivity contribution in [3.05, 3.63) is 35.2 Å². The van der Waals surface area contributed by atoms with Crippen LogP contribution in [-0.4, -0.2) is 25.4 Å². The minimum atomic E-state index is 1.07. The molecule has 0 atom stereocenters. The summed E-state index contributed by atoms with van der Waals surface area (Å²) in [4.78, 5) is 3.58. The maximum atomic E-state index is 4.53. The first-order valence-electron chi connectivity index (χ1n) is 7.33. The molecule has 3 N–H and O–H groups in total. The van der Waals surface area contributed by atoms with E-state index in [-0.39, 0.29) is 0 Å². The van der Waals surface area contributed by atoms with Gasteiger partial charge in [0.1, 0.15) is 5.69 Å². The number of hydrogen-bond acceptors (Lipinski definition) is 2. The van der Waals surface area contributed by atoms with Gasteiger partial charge in [-0.1, -0.05) is 0 Å². The van der Waals surface area contributed by atoms with E-state index in [1.807, 2.05) is 6.20 Å². The van der Waals surface area contributed by atoms with Gasteiger partial charge in [-0.25, -0.2) is 0 Å². The molecule has 3 heterocycles. The quantitative estimate of drug-likeness (QED) is 0.461. The molecule has 5 nitrogen and oxygen atoms in total. The lowest BCUT2D eigenvalue weighted by Gasteiger charge is -1.98. The first kappa shape index (κ1) is 11.1. The first-order chi connectivity index (χ1) is 10.3. The van der Waals surface area contributed by atoms with Crippen molar-refractivity contribution in [3.8, 4) is 11.4 Å². The fourth-order valence-corrected chi connectivity index (χ4v) is 3.56. The van der Waals surface area contributed by atoms with Crippen LogP contribution < -0.4 is 0 Å². The van der Waals surface area contributed by atoms with Crippen molar-refractivity contribution in [2.45, 2.75) is 26.2 Å². The zero-order valence-electron chi connectivity index (χ0n) is 11.7. The maximum Gasteiger partial charge on any atom is 0.112 e. The fourth-order valence-electron chi connectivity index (χ4n) is 3.56. The van der Waals surface area contributed by atoms with Crippen LogP contribution in [0, 0.1) is 6.92 Å². The van der Waals surface area contributed by atoms with E-state index < -0.39 is 0 Å². The molecule has 3 aromatic heterocycles. The summed E-state index contributed by atoms with van der Waals surface area (Å²) in [5.74, 6) is 0. The monoisotopic (exact) mass is 277 g/mol. The Balaban J connectivity index is 1.89. The lowest BCUT2D eigenvalue weighted by molar-refractivity contribution is 0.832. The number of benzene rings is 1. The molecule has 0 aliphatic heterocycles. The van der Waals surface area contributed by atoms with E-state index in [0.29, 0.717) is 0 Å². The highest BCUT2D eigenvalue weighted by Crippen LogP contribution is 2.37. The number of aryl methyl sites for hydroxylation is 2. The molecule has 5 rings (SSSR count). The first-order valence-corrected chi connectivity index (χ1v) is 7.33. The average molecular weight is 277 g/mol. The SMILES string of the molecule is Cc1[nH]nc2c1CCCc1c-2[nH]c2cc3[nH]ncc3cc12. The molecule has 0 saturated heterocycles. The molecule has 21 heavy (non-hydrogen) atoms. The summed E-state index contributed by atoms with van der Waals surface area (Å²) in [6, 6.07) is 4.37. The average Bonchev–Trinajstić information content (AvgIpc) is 3.13. The summed E-state index contributed by atoms with van der Waals surface area (Å²) in [5.41, 5.74) is 8.43. The van der Waals surface area contributed by atoms with Crippen molar-refractivity contribution in [1.82, 2.24) is 25.4 Å². The molecule has 1 aromatic carbocycles. The van der Waals surface area contributed by atoms with Gasteiger partial charge in [0.05, 0.1) is 17.4 Å². The van der Waals surface area contributed by atoms with E-state index in [0.717, 1.165) is 41.4 Å². The molecule has 4 aromatic rings. The Bertz CT molecular complexity index is 985. The van der Waals surface area contributed by atoms with Crippen LogP contribution in [-0.2, 0) is 12.8 Å². The molecule has 1 aliphatic carbocycles. The van der Waals surface area contributed by atoms with Crippen molar-refractivity contribution < 1.29 is 0 Å². The summed E-state index contributed by atoms with van der Waals surface area (Å²) < 4.78 is 0. The number of nitrogens with zero attached hydrogens (tertiary/aromatic N) is 2. The number of aromatic amines is 3. The molecule has 0 spiro atoms. The van der Waals surface area contributed by atoms with Crippen LogP contribution in [0.15, 0.2) is 18.3 Å². The maximum absolute atomic E-state index is 4.53. The molecule has 0 saturated carbocycles. The largest absolute Gasteiger partial charge is 0.353 e. The van der Waals surface area contributed by atoms with Gasteiger partial charge in [-0.15, -0.1) is 0 Å². The Kier molecular flexibility index (Phi) is 1.99. The third kappa shape index (κ3) is 1.40. The van der Waals surface area contributed by atoms with Crippen LogP contribution in [0.3, 0.4) is 0 Å². The lowest BCUT2D eigenvalue weighted by Crippen LogP contribution is -1.87. The van der Waals surface area contributed by atoms with Crippen LogP contribution in [0.25, 0.3) is 33.2 Å². The smallest absolute Gasteiger partial charge is 0.112 e. The van der Waals surface area contributed by atoms with Gasteiger partial charge in [0, 0.05) is 27.5 Å². The van der Waals surface area contributed by atoms with E-state index >= 15 is 0 Å². The normalized spacial score (nSPS) is 14.3. The van der Waals surface area contributed by atoms with E-state index in [2.05, 4.69) is 44.4 Å². The van der Waals surface area contributed by atoms with E-state index in [4.69, 9.17) is 0 Å². The van der Waals surface area contributed by atoms with Gasteiger partial charge in [0.15, 0.2) is 0 Å². The number of aromatic nitrogens is 5. The van der Waals surface area contributed by atoms with E-state index in [9.17, 15) is 0 Å². The van der Waals surface area contributed by atoms with E-state index in [1.54, 1.807) is 0 Å². The number of fused-ring (bicyclic) bond motifs is 6. The van der Waals surface area contributed by atoms with Gasteiger partial charge in [-0.3, -0.25) is 10.2 Å². The Morgan fingerprint density at radius 3 is 2.90 bits per heavy atom. The fraction of sp³-hybridized carbons (Fsp3) is 0.250. The van der Waals surface area contributed by atoms with Gasteiger partial charge < -0.3 is 4.98 Å². The number of hydrogen-bond donors (Lipinski definition) is 3. The zero-order chi connectivity index (χ0) is 14.0. The van der Waals surface area contributed by atoms with Gasteiger partial charge in [-0.2, -0.15) is 10.2 Å². The number of rotatable bonds is 0. The molecular weight excluding hydrogens is 262 g/mol. The number of nitrogens with one attached hydrogen (secondary N) is 3. The van der Waals surface area contributed by atoms with Gasteiger partial charge >= 0.3 is 0 Å². The lowest BCUT2D eigenvalue weighted by atomic mass is 10.0. The molecule has 0 fully saturated rings. The van der Waals surface area contributed by atoms with Crippen molar-refractivity contribution in [2.24, 2.45) is 0 Å². The van der Waals surface area contributed by atoms with Gasteiger partial charge in [0.25, 0.3) is 0 Å². The van der Waals surface area contributed by atoms with Gasteiger partial charge in [0.2, 0.25) is 0 Å².